The number of phenols is 2. The van der Waals surface area contributed by atoms with E-state index in [2.05, 4.69) is 4.98 Å². The van der Waals surface area contributed by atoms with Crippen LogP contribution in [0.25, 0.3) is 22.4 Å². The van der Waals surface area contributed by atoms with Crippen molar-refractivity contribution in [1.82, 2.24) is 14.5 Å². The minimum absolute atomic E-state index is 0.0498. The quantitative estimate of drug-likeness (QED) is 0.607. The van der Waals surface area contributed by atoms with Gasteiger partial charge in [-0.05, 0) is 43.7 Å². The number of phenolic OH excluding ortho intramolecular Hbond substituents is 2. The number of carbonyl (C=O) groups excluding carboxylic acids is 2. The first-order chi connectivity index (χ1) is 14.5. The Morgan fingerprint density at radius 2 is 2.00 bits per heavy atom. The topological polar surface area (TPSA) is 105 Å². The minimum Gasteiger partial charge on any atom is -0.508 e. The van der Waals surface area contributed by atoms with Crippen molar-refractivity contribution in [1.29, 1.82) is 0 Å². The van der Waals surface area contributed by atoms with Crippen molar-refractivity contribution in [2.75, 3.05) is 19.7 Å². The average Bonchev–Trinajstić information content (AvgIpc) is 3.29. The molecule has 3 aromatic rings. The maximum absolute atomic E-state index is 12.1. The molecule has 0 radical (unpaired) electrons. The molecule has 30 heavy (non-hydrogen) atoms. The largest absolute Gasteiger partial charge is 0.508 e. The van der Waals surface area contributed by atoms with Crippen LogP contribution in [0.15, 0.2) is 36.4 Å². The van der Waals surface area contributed by atoms with E-state index < -0.39 is 5.97 Å². The lowest BCUT2D eigenvalue weighted by Gasteiger charge is -2.17. The maximum Gasteiger partial charge on any atom is 0.338 e. The Hall–Kier alpha value is -3.55. The molecule has 2 aromatic carbocycles. The summed E-state index contributed by atoms with van der Waals surface area (Å²) < 4.78 is 6.99. The smallest absolute Gasteiger partial charge is 0.338 e. The fourth-order valence-corrected chi connectivity index (χ4v) is 3.77. The van der Waals surface area contributed by atoms with E-state index in [-0.39, 0.29) is 24.0 Å². The fraction of sp³-hybridized carbons (Fsp3) is 0.318. The number of benzene rings is 2. The van der Waals surface area contributed by atoms with Crippen molar-refractivity contribution in [2.24, 2.45) is 0 Å². The zero-order valence-corrected chi connectivity index (χ0v) is 16.7. The molecule has 8 heteroatoms. The lowest BCUT2D eigenvalue weighted by Crippen LogP contribution is -2.28. The number of amides is 1. The molecule has 0 atom stereocenters. The normalized spacial score (nSPS) is 13.9. The van der Waals surface area contributed by atoms with E-state index in [1.807, 2.05) is 9.47 Å². The summed E-state index contributed by atoms with van der Waals surface area (Å²) in [4.78, 5) is 30.6. The van der Waals surface area contributed by atoms with Gasteiger partial charge in [-0.3, -0.25) is 4.79 Å². The molecule has 4 rings (SSSR count). The van der Waals surface area contributed by atoms with Crippen LogP contribution < -0.4 is 0 Å². The second-order valence-corrected chi connectivity index (χ2v) is 7.20. The maximum atomic E-state index is 12.1. The molecule has 0 aliphatic carbocycles. The predicted octanol–water partition coefficient (Wildman–Crippen LogP) is 2.91. The zero-order chi connectivity index (χ0) is 21.3. The lowest BCUT2D eigenvalue weighted by molar-refractivity contribution is -0.127. The Morgan fingerprint density at radius 1 is 1.17 bits per heavy atom. The molecule has 0 spiro atoms. The molecule has 1 aliphatic rings. The zero-order valence-electron chi connectivity index (χ0n) is 16.7. The molecule has 156 valence electrons. The van der Waals surface area contributed by atoms with E-state index in [4.69, 9.17) is 4.74 Å². The van der Waals surface area contributed by atoms with E-state index in [9.17, 15) is 19.8 Å². The molecule has 0 bridgehead atoms. The van der Waals surface area contributed by atoms with E-state index >= 15 is 0 Å². The summed E-state index contributed by atoms with van der Waals surface area (Å²) in [6.07, 6.45) is 1.43. The summed E-state index contributed by atoms with van der Waals surface area (Å²) in [6.45, 7) is 3.77. The highest BCUT2D eigenvalue weighted by Gasteiger charge is 2.22. The molecule has 1 saturated heterocycles. The number of rotatable bonds is 6. The third-order valence-corrected chi connectivity index (χ3v) is 5.25. The number of likely N-dealkylation sites (tertiary alicyclic amines) is 1. The third kappa shape index (κ3) is 3.68. The van der Waals surface area contributed by atoms with Crippen molar-refractivity contribution in [3.63, 3.8) is 0 Å². The lowest BCUT2D eigenvalue weighted by atomic mass is 10.1. The van der Waals surface area contributed by atoms with Gasteiger partial charge in [0.2, 0.25) is 5.91 Å². The molecule has 1 fully saturated rings. The average molecular weight is 409 g/mol. The van der Waals surface area contributed by atoms with Crippen LogP contribution in [-0.4, -0.2) is 56.2 Å². The SMILES string of the molecule is CCOC(=O)c1ccc2c(c1)nc(-c1ccc(O)cc1O)n2CCN1CCCC1=O. The van der Waals surface area contributed by atoms with Crippen LogP contribution in [0.2, 0.25) is 0 Å². The molecule has 2 N–H and O–H groups in total. The van der Waals surface area contributed by atoms with Crippen molar-refractivity contribution < 1.29 is 24.5 Å². The van der Waals surface area contributed by atoms with E-state index in [1.165, 1.54) is 12.1 Å². The molecule has 1 aromatic heterocycles. The molecule has 2 heterocycles. The first-order valence-corrected chi connectivity index (χ1v) is 9.95. The number of ether oxygens (including phenoxy) is 1. The minimum atomic E-state index is -0.425. The van der Waals surface area contributed by atoms with Crippen molar-refractivity contribution in [3.05, 3.63) is 42.0 Å². The second-order valence-electron chi connectivity index (χ2n) is 7.20. The molecular weight excluding hydrogens is 386 g/mol. The standard InChI is InChI=1S/C22H23N3O5/c1-2-30-22(29)14-5-8-18-17(12-14)23-21(16-7-6-15(26)13-19(16)27)25(18)11-10-24-9-3-4-20(24)28/h5-8,12-13,26-27H,2-4,9-11H2,1H3. The molecule has 8 nitrogen and oxygen atoms in total. The Labute approximate surface area is 173 Å². The summed E-state index contributed by atoms with van der Waals surface area (Å²) >= 11 is 0. The Kier molecular flexibility index (Phi) is 5.31. The summed E-state index contributed by atoms with van der Waals surface area (Å²) in [5.74, 6) is 0.0550. The van der Waals surface area contributed by atoms with Gasteiger partial charge in [-0.1, -0.05) is 0 Å². The van der Waals surface area contributed by atoms with Crippen LogP contribution >= 0.6 is 0 Å². The number of esters is 1. The highest BCUT2D eigenvalue weighted by molar-refractivity contribution is 5.94. The van der Waals surface area contributed by atoms with Gasteiger partial charge in [-0.25, -0.2) is 9.78 Å². The Morgan fingerprint density at radius 3 is 2.70 bits per heavy atom. The van der Waals surface area contributed by atoms with E-state index in [0.29, 0.717) is 42.0 Å². The van der Waals surface area contributed by atoms with Gasteiger partial charge >= 0.3 is 5.97 Å². The first-order valence-electron chi connectivity index (χ1n) is 9.95. The summed E-state index contributed by atoms with van der Waals surface area (Å²) in [6, 6.07) is 9.46. The van der Waals surface area contributed by atoms with Crippen molar-refractivity contribution in [2.45, 2.75) is 26.3 Å². The van der Waals surface area contributed by atoms with Crippen LogP contribution in [0.1, 0.15) is 30.1 Å². The van der Waals surface area contributed by atoms with Gasteiger partial charge in [0.05, 0.1) is 28.8 Å². The first kappa shape index (κ1) is 19.8. The second kappa shape index (κ2) is 8.06. The molecule has 0 saturated carbocycles. The summed E-state index contributed by atoms with van der Waals surface area (Å²) in [5, 5.41) is 20.0. The molecule has 1 amide bonds. The Bertz CT molecular complexity index is 1120. The number of hydrogen-bond donors (Lipinski definition) is 2. The summed E-state index contributed by atoms with van der Waals surface area (Å²) in [7, 11) is 0. The number of aromatic nitrogens is 2. The van der Waals surface area contributed by atoms with Crippen molar-refractivity contribution >= 4 is 22.9 Å². The number of nitrogens with zero attached hydrogens (tertiary/aromatic N) is 3. The van der Waals surface area contributed by atoms with E-state index in [1.54, 1.807) is 31.2 Å². The van der Waals surface area contributed by atoms with Crippen LogP contribution in [0, 0.1) is 0 Å². The van der Waals surface area contributed by atoms with Gasteiger partial charge in [0, 0.05) is 32.1 Å². The summed E-state index contributed by atoms with van der Waals surface area (Å²) in [5.41, 5.74) is 2.20. The van der Waals surface area contributed by atoms with Gasteiger partial charge in [-0.2, -0.15) is 0 Å². The fourth-order valence-electron chi connectivity index (χ4n) is 3.77. The van der Waals surface area contributed by atoms with Crippen LogP contribution in [0.3, 0.4) is 0 Å². The third-order valence-electron chi connectivity index (χ3n) is 5.25. The van der Waals surface area contributed by atoms with Gasteiger partial charge < -0.3 is 24.4 Å². The highest BCUT2D eigenvalue weighted by Crippen LogP contribution is 2.34. The van der Waals surface area contributed by atoms with Crippen molar-refractivity contribution in [3.8, 4) is 22.9 Å². The van der Waals surface area contributed by atoms with Gasteiger partial charge in [0.25, 0.3) is 0 Å². The van der Waals surface area contributed by atoms with Crippen LogP contribution in [0.4, 0.5) is 0 Å². The number of aromatic hydroxyl groups is 2. The van der Waals surface area contributed by atoms with Crippen LogP contribution in [0.5, 0.6) is 11.5 Å². The number of carbonyl (C=O) groups is 2. The van der Waals surface area contributed by atoms with Gasteiger partial charge in [-0.15, -0.1) is 0 Å². The predicted molar refractivity (Wildman–Crippen MR) is 110 cm³/mol. The molecular formula is C22H23N3O5. The molecule has 1 aliphatic heterocycles. The van der Waals surface area contributed by atoms with Crippen LogP contribution in [-0.2, 0) is 16.1 Å². The van der Waals surface area contributed by atoms with E-state index in [0.717, 1.165) is 18.5 Å². The monoisotopic (exact) mass is 409 g/mol. The number of fused-ring (bicyclic) bond motifs is 1. The van der Waals surface area contributed by atoms with Gasteiger partial charge in [0.1, 0.15) is 17.3 Å². The Balaban J connectivity index is 1.78. The van der Waals surface area contributed by atoms with Gasteiger partial charge in [0.15, 0.2) is 0 Å². The molecule has 0 unspecified atom stereocenters. The highest BCUT2D eigenvalue weighted by atomic mass is 16.5. The number of imidazole rings is 1. The number of hydrogen-bond acceptors (Lipinski definition) is 6.